The molecule has 1 N–H and O–H groups in total. The number of hydrogen-bond acceptors (Lipinski definition) is 9. The van der Waals surface area contributed by atoms with Crippen LogP contribution in [-0.4, -0.2) is 48.6 Å². The standard InChI is InChI=1S/C26H23FN2O7S/c1-5-36-25(33)23-13(2)28-26(37-23)29-20(15-8-11-17(34-3)18(12-15)35-4)19(22(31)24(29)32)21(30)14-6-9-16(27)10-7-14/h6-12,20,30H,5H2,1-4H3/b21-19+. The number of nitrogens with zero attached hydrogens (tertiary/aromatic N) is 2. The van der Waals surface area contributed by atoms with Crippen molar-refractivity contribution >= 4 is 39.9 Å². The number of aryl methyl sites for hydroxylation is 1. The van der Waals surface area contributed by atoms with Crippen LogP contribution >= 0.6 is 11.3 Å². The van der Waals surface area contributed by atoms with Gasteiger partial charge in [0.1, 0.15) is 16.5 Å². The lowest BCUT2D eigenvalue weighted by Gasteiger charge is -2.23. The summed E-state index contributed by atoms with van der Waals surface area (Å²) >= 11 is 0.896. The van der Waals surface area contributed by atoms with E-state index in [9.17, 15) is 23.9 Å². The summed E-state index contributed by atoms with van der Waals surface area (Å²) in [4.78, 5) is 44.7. The summed E-state index contributed by atoms with van der Waals surface area (Å²) in [7, 11) is 2.90. The van der Waals surface area contributed by atoms with Crippen molar-refractivity contribution in [1.29, 1.82) is 0 Å². The maximum atomic E-state index is 13.5. The van der Waals surface area contributed by atoms with E-state index in [4.69, 9.17) is 14.2 Å². The zero-order valence-electron chi connectivity index (χ0n) is 20.4. The largest absolute Gasteiger partial charge is 0.507 e. The Morgan fingerprint density at radius 3 is 2.41 bits per heavy atom. The minimum absolute atomic E-state index is 0.0700. The molecule has 11 heteroatoms. The molecule has 1 aliphatic rings. The van der Waals surface area contributed by atoms with Crippen molar-refractivity contribution in [3.8, 4) is 11.5 Å². The third-order valence-corrected chi connectivity index (χ3v) is 6.87. The van der Waals surface area contributed by atoms with Gasteiger partial charge in [0.15, 0.2) is 16.6 Å². The van der Waals surface area contributed by atoms with Crippen LogP contribution in [0.2, 0.25) is 0 Å². The van der Waals surface area contributed by atoms with E-state index in [1.165, 1.54) is 26.4 Å². The van der Waals surface area contributed by atoms with Gasteiger partial charge >= 0.3 is 11.9 Å². The van der Waals surface area contributed by atoms with Crippen molar-refractivity contribution < 1.29 is 38.1 Å². The van der Waals surface area contributed by atoms with Gasteiger partial charge in [0.2, 0.25) is 0 Å². The highest BCUT2D eigenvalue weighted by Crippen LogP contribution is 2.45. The zero-order valence-corrected chi connectivity index (χ0v) is 21.2. The number of aliphatic hydroxyl groups is 1. The number of Topliss-reactive ketones (excluding diaryl/α,β-unsaturated/α-hetero) is 1. The van der Waals surface area contributed by atoms with Crippen LogP contribution in [0.4, 0.5) is 9.52 Å². The van der Waals surface area contributed by atoms with E-state index >= 15 is 0 Å². The fourth-order valence-corrected chi connectivity index (χ4v) is 4.99. The molecule has 1 aromatic heterocycles. The first-order valence-electron chi connectivity index (χ1n) is 11.1. The number of aromatic nitrogens is 1. The quantitative estimate of drug-likeness (QED) is 0.208. The molecule has 9 nitrogen and oxygen atoms in total. The van der Waals surface area contributed by atoms with Crippen LogP contribution in [-0.2, 0) is 14.3 Å². The number of anilines is 1. The molecule has 1 fully saturated rings. The predicted octanol–water partition coefficient (Wildman–Crippen LogP) is 4.41. The van der Waals surface area contributed by atoms with Gasteiger partial charge in [-0.1, -0.05) is 17.4 Å². The molecule has 0 radical (unpaired) electrons. The van der Waals surface area contributed by atoms with E-state index in [0.29, 0.717) is 22.8 Å². The van der Waals surface area contributed by atoms with Crippen LogP contribution in [0.5, 0.6) is 11.5 Å². The molecular formula is C26H23FN2O7S. The number of rotatable bonds is 7. The second kappa shape index (κ2) is 10.4. The number of benzene rings is 2. The van der Waals surface area contributed by atoms with Gasteiger partial charge in [0.25, 0.3) is 5.78 Å². The molecule has 0 aliphatic carbocycles. The third kappa shape index (κ3) is 4.65. The lowest BCUT2D eigenvalue weighted by molar-refractivity contribution is -0.132. The van der Waals surface area contributed by atoms with E-state index < -0.39 is 35.3 Å². The van der Waals surface area contributed by atoms with Crippen molar-refractivity contribution in [3.63, 3.8) is 0 Å². The van der Waals surface area contributed by atoms with Gasteiger partial charge in [-0.25, -0.2) is 14.2 Å². The first kappa shape index (κ1) is 25.8. The number of ketones is 1. The Kier molecular flexibility index (Phi) is 7.25. The fourth-order valence-electron chi connectivity index (χ4n) is 4.00. The highest BCUT2D eigenvalue weighted by molar-refractivity contribution is 7.17. The van der Waals surface area contributed by atoms with Crippen LogP contribution in [0.25, 0.3) is 5.76 Å². The molecule has 2 aromatic carbocycles. The topological polar surface area (TPSA) is 115 Å². The van der Waals surface area contributed by atoms with E-state index in [2.05, 4.69) is 4.98 Å². The molecule has 1 atom stereocenters. The molecule has 1 saturated heterocycles. The number of methoxy groups -OCH3 is 2. The number of hydrogen-bond donors (Lipinski definition) is 1. The van der Waals surface area contributed by atoms with Gasteiger partial charge in [-0.3, -0.25) is 14.5 Å². The average molecular weight is 527 g/mol. The zero-order chi connectivity index (χ0) is 26.9. The summed E-state index contributed by atoms with van der Waals surface area (Å²) in [5.74, 6) is -2.79. The van der Waals surface area contributed by atoms with Gasteiger partial charge in [-0.15, -0.1) is 0 Å². The monoisotopic (exact) mass is 526 g/mol. The summed E-state index contributed by atoms with van der Waals surface area (Å²) in [6.07, 6.45) is 0. The molecule has 1 unspecified atom stereocenters. The van der Waals surface area contributed by atoms with Crippen LogP contribution in [0.3, 0.4) is 0 Å². The Labute approximate surface area is 215 Å². The van der Waals surface area contributed by atoms with Crippen molar-refractivity contribution in [2.24, 2.45) is 0 Å². The third-order valence-electron chi connectivity index (χ3n) is 5.74. The molecule has 37 heavy (non-hydrogen) atoms. The highest BCUT2D eigenvalue weighted by atomic mass is 32.1. The number of halogens is 1. The van der Waals surface area contributed by atoms with E-state index in [-0.39, 0.29) is 27.8 Å². The van der Waals surface area contributed by atoms with Crippen molar-refractivity contribution in [2.45, 2.75) is 19.9 Å². The van der Waals surface area contributed by atoms with E-state index in [1.54, 1.807) is 32.0 Å². The average Bonchev–Trinajstić information content (AvgIpc) is 3.40. The minimum Gasteiger partial charge on any atom is -0.507 e. The maximum absolute atomic E-state index is 13.5. The van der Waals surface area contributed by atoms with Crippen molar-refractivity contribution in [2.75, 3.05) is 25.7 Å². The molecule has 0 bridgehead atoms. The fraction of sp³-hybridized carbons (Fsp3) is 0.231. The summed E-state index contributed by atoms with van der Waals surface area (Å²) in [5.41, 5.74) is 0.651. The van der Waals surface area contributed by atoms with Crippen LogP contribution < -0.4 is 14.4 Å². The highest BCUT2D eigenvalue weighted by Gasteiger charge is 2.48. The Bertz CT molecular complexity index is 1410. The Morgan fingerprint density at radius 1 is 1.11 bits per heavy atom. The van der Waals surface area contributed by atoms with Crippen LogP contribution in [0.15, 0.2) is 48.0 Å². The van der Waals surface area contributed by atoms with Crippen LogP contribution in [0.1, 0.15) is 39.5 Å². The molecule has 0 saturated carbocycles. The van der Waals surface area contributed by atoms with Gasteiger partial charge in [-0.2, -0.15) is 0 Å². The summed E-state index contributed by atoms with van der Waals surface area (Å²) in [6, 6.07) is 8.53. The van der Waals surface area contributed by atoms with Gasteiger partial charge in [0.05, 0.1) is 38.1 Å². The van der Waals surface area contributed by atoms with Gasteiger partial charge in [0, 0.05) is 5.56 Å². The number of esters is 1. The van der Waals surface area contributed by atoms with E-state index in [0.717, 1.165) is 28.4 Å². The molecule has 192 valence electrons. The number of aliphatic hydroxyl groups excluding tert-OH is 1. The molecule has 4 rings (SSSR count). The Morgan fingerprint density at radius 2 is 1.78 bits per heavy atom. The number of ether oxygens (including phenoxy) is 3. The SMILES string of the molecule is CCOC(=O)c1sc(N2C(=O)C(=O)/C(=C(/O)c3ccc(F)cc3)C2c2ccc(OC)c(OC)c2)nc1C. The van der Waals surface area contributed by atoms with E-state index in [1.807, 2.05) is 0 Å². The second-order valence-corrected chi connectivity index (χ2v) is 8.90. The number of thiazole rings is 1. The Hall–Kier alpha value is -4.25. The first-order chi connectivity index (χ1) is 17.7. The van der Waals surface area contributed by atoms with Gasteiger partial charge < -0.3 is 19.3 Å². The minimum atomic E-state index is -1.13. The van der Waals surface area contributed by atoms with Crippen LogP contribution in [0, 0.1) is 12.7 Å². The number of carbonyl (C=O) groups excluding carboxylic acids is 3. The smallest absolute Gasteiger partial charge is 0.350 e. The number of amides is 1. The first-order valence-corrected chi connectivity index (χ1v) is 12.0. The van der Waals surface area contributed by atoms with Gasteiger partial charge in [-0.05, 0) is 55.8 Å². The maximum Gasteiger partial charge on any atom is 0.350 e. The summed E-state index contributed by atoms with van der Waals surface area (Å²) in [6.45, 7) is 3.41. The second-order valence-electron chi connectivity index (χ2n) is 7.92. The predicted molar refractivity (Wildman–Crippen MR) is 134 cm³/mol. The summed E-state index contributed by atoms with van der Waals surface area (Å²) < 4.78 is 29.3. The lowest BCUT2D eigenvalue weighted by atomic mass is 9.95. The normalized spacial score (nSPS) is 16.7. The van der Waals surface area contributed by atoms with Crippen molar-refractivity contribution in [3.05, 3.63) is 75.6 Å². The molecular weight excluding hydrogens is 503 g/mol. The molecule has 3 aromatic rings. The molecule has 1 aliphatic heterocycles. The Balaban J connectivity index is 1.94. The molecule has 0 spiro atoms. The lowest BCUT2D eigenvalue weighted by Crippen LogP contribution is -2.29. The van der Waals surface area contributed by atoms with Crippen molar-refractivity contribution in [1.82, 2.24) is 4.98 Å². The number of carbonyl (C=O) groups is 3. The summed E-state index contributed by atoms with van der Waals surface area (Å²) in [5, 5.41) is 11.2. The molecule has 1 amide bonds. The molecule has 2 heterocycles.